The minimum atomic E-state index is -5.58. The number of rotatable bonds is 1. The normalized spacial score (nSPS) is 37.3. The smallest absolute Gasteiger partial charge is 0.354 e. The summed E-state index contributed by atoms with van der Waals surface area (Å²) in [5, 5.41) is 9.26. The van der Waals surface area contributed by atoms with Crippen LogP contribution >= 0.6 is 0 Å². The predicted molar refractivity (Wildman–Crippen MR) is 53.4 cm³/mol. The topological polar surface area (TPSA) is 38.7 Å². The first-order chi connectivity index (χ1) is 8.70. The molecular weight excluding hydrogens is 275 g/mol. The summed E-state index contributed by atoms with van der Waals surface area (Å²) in [4.78, 5) is 0. The van der Waals surface area contributed by atoms with Gasteiger partial charge in [-0.2, -0.15) is 22.0 Å². The fraction of sp³-hybridized carbons (Fsp3) is 1.00. The van der Waals surface area contributed by atoms with Gasteiger partial charge in [0, 0.05) is 0 Å². The van der Waals surface area contributed by atoms with Crippen LogP contribution in [0.25, 0.3) is 0 Å². The lowest BCUT2D eigenvalue weighted by Crippen LogP contribution is -2.69. The molecular formula is C11H15F5O3. The van der Waals surface area contributed by atoms with Crippen molar-refractivity contribution in [3.8, 4) is 0 Å². The molecule has 2 fully saturated rings. The third-order valence-corrected chi connectivity index (χ3v) is 3.79. The third kappa shape index (κ3) is 2.34. The average Bonchev–Trinajstić information content (AvgIpc) is 2.32. The number of alkyl halides is 5. The van der Waals surface area contributed by atoms with Gasteiger partial charge < -0.3 is 14.6 Å². The van der Waals surface area contributed by atoms with E-state index in [1.807, 2.05) is 0 Å². The van der Waals surface area contributed by atoms with Crippen LogP contribution in [0.5, 0.6) is 0 Å². The highest BCUT2D eigenvalue weighted by Crippen LogP contribution is 2.50. The van der Waals surface area contributed by atoms with E-state index in [0.29, 0.717) is 25.7 Å². The summed E-state index contributed by atoms with van der Waals surface area (Å²) in [7, 11) is 0. The molecule has 1 saturated carbocycles. The lowest BCUT2D eigenvalue weighted by molar-refractivity contribution is -0.487. The second kappa shape index (κ2) is 4.82. The zero-order chi connectivity index (χ0) is 14.3. The Hall–Kier alpha value is -0.470. The largest absolute Gasteiger partial charge is 0.449 e. The Bertz CT molecular complexity index is 327. The Morgan fingerprint density at radius 2 is 1.63 bits per heavy atom. The van der Waals surface area contributed by atoms with E-state index < -0.39 is 36.7 Å². The van der Waals surface area contributed by atoms with Gasteiger partial charge in [-0.3, -0.25) is 0 Å². The predicted octanol–water partition coefficient (Wildman–Crippen LogP) is 2.83. The molecule has 3 nitrogen and oxygen atoms in total. The Balaban J connectivity index is 2.26. The van der Waals surface area contributed by atoms with Crippen molar-refractivity contribution in [1.82, 2.24) is 0 Å². The Morgan fingerprint density at radius 1 is 1.05 bits per heavy atom. The Morgan fingerprint density at radius 3 is 2.16 bits per heavy atom. The molecule has 8 heteroatoms. The molecule has 0 radical (unpaired) electrons. The van der Waals surface area contributed by atoms with Crippen molar-refractivity contribution in [2.75, 3.05) is 6.79 Å². The fourth-order valence-corrected chi connectivity index (χ4v) is 2.73. The van der Waals surface area contributed by atoms with Crippen LogP contribution in [0.4, 0.5) is 22.0 Å². The summed E-state index contributed by atoms with van der Waals surface area (Å²) in [6.45, 7) is -0.993. The first-order valence-corrected chi connectivity index (χ1v) is 6.12. The molecule has 1 aliphatic heterocycles. The summed E-state index contributed by atoms with van der Waals surface area (Å²) in [6.07, 6.45) is -4.59. The van der Waals surface area contributed by atoms with Gasteiger partial charge in [0.25, 0.3) is 0 Å². The van der Waals surface area contributed by atoms with E-state index >= 15 is 0 Å². The van der Waals surface area contributed by atoms with E-state index in [1.165, 1.54) is 0 Å². The van der Waals surface area contributed by atoms with Gasteiger partial charge in [-0.1, -0.05) is 19.3 Å². The highest BCUT2D eigenvalue weighted by atomic mass is 19.4. The van der Waals surface area contributed by atoms with E-state index in [9.17, 15) is 27.1 Å². The summed E-state index contributed by atoms with van der Waals surface area (Å²) >= 11 is 0. The van der Waals surface area contributed by atoms with E-state index in [2.05, 4.69) is 4.74 Å². The molecule has 0 aromatic carbocycles. The first-order valence-electron chi connectivity index (χ1n) is 6.12. The lowest BCUT2D eigenvalue weighted by atomic mass is 9.80. The molecule has 0 aromatic rings. The standard InChI is InChI=1S/C11H15F5O3/c12-9(13)8(7-4-2-1-3-5-7)18-6-19-10(9,17)11(14,15)16/h7-8,17H,1-6H2. The summed E-state index contributed by atoms with van der Waals surface area (Å²) in [6, 6.07) is 0. The maximum atomic E-state index is 14.0. The highest BCUT2D eigenvalue weighted by Gasteiger charge is 2.76. The zero-order valence-corrected chi connectivity index (χ0v) is 10.1. The molecule has 1 saturated heterocycles. The molecule has 0 spiro atoms. The Kier molecular flexibility index (Phi) is 3.79. The first kappa shape index (κ1) is 14.9. The zero-order valence-electron chi connectivity index (χ0n) is 10.1. The summed E-state index contributed by atoms with van der Waals surface area (Å²) < 4.78 is 74.4. The van der Waals surface area contributed by atoms with Crippen LogP contribution in [0.1, 0.15) is 32.1 Å². The monoisotopic (exact) mass is 290 g/mol. The SMILES string of the molecule is OC1(C(F)(F)F)OCOC(C2CCCCC2)C1(F)F. The minimum Gasteiger partial charge on any atom is -0.354 e. The van der Waals surface area contributed by atoms with Gasteiger partial charge in [-0.05, 0) is 18.8 Å². The lowest BCUT2D eigenvalue weighted by Gasteiger charge is -2.46. The van der Waals surface area contributed by atoms with Crippen molar-refractivity contribution >= 4 is 0 Å². The molecule has 1 heterocycles. The van der Waals surface area contributed by atoms with Gasteiger partial charge in [-0.15, -0.1) is 0 Å². The minimum absolute atomic E-state index is 0.369. The van der Waals surface area contributed by atoms with Crippen LogP contribution in [0.15, 0.2) is 0 Å². The van der Waals surface area contributed by atoms with Crippen LogP contribution in [0.3, 0.4) is 0 Å². The average molecular weight is 290 g/mol. The van der Waals surface area contributed by atoms with Crippen LogP contribution in [0, 0.1) is 5.92 Å². The van der Waals surface area contributed by atoms with E-state index in [0.717, 1.165) is 6.42 Å². The molecule has 2 unspecified atom stereocenters. The maximum absolute atomic E-state index is 14.0. The van der Waals surface area contributed by atoms with Crippen molar-refractivity contribution in [2.24, 2.45) is 5.92 Å². The van der Waals surface area contributed by atoms with Crippen molar-refractivity contribution in [3.63, 3.8) is 0 Å². The molecule has 2 rings (SSSR count). The maximum Gasteiger partial charge on any atom is 0.449 e. The van der Waals surface area contributed by atoms with E-state index in [1.54, 1.807) is 0 Å². The van der Waals surface area contributed by atoms with Crippen molar-refractivity contribution in [3.05, 3.63) is 0 Å². The second-order valence-corrected chi connectivity index (χ2v) is 5.01. The number of aliphatic hydroxyl groups is 1. The van der Waals surface area contributed by atoms with Gasteiger partial charge in [0.2, 0.25) is 0 Å². The van der Waals surface area contributed by atoms with Gasteiger partial charge in [0.15, 0.2) is 6.79 Å². The van der Waals surface area contributed by atoms with Crippen LogP contribution in [-0.4, -0.2) is 35.9 Å². The molecule has 1 aliphatic carbocycles. The Labute approximate surface area is 106 Å². The highest BCUT2D eigenvalue weighted by molar-refractivity contribution is 5.01. The van der Waals surface area contributed by atoms with Gasteiger partial charge in [0.1, 0.15) is 6.10 Å². The van der Waals surface area contributed by atoms with Crippen molar-refractivity contribution < 1.29 is 36.5 Å². The van der Waals surface area contributed by atoms with Gasteiger partial charge >= 0.3 is 17.9 Å². The number of hydrogen-bond acceptors (Lipinski definition) is 3. The number of ether oxygens (including phenoxy) is 2. The quantitative estimate of drug-likeness (QED) is 0.755. The van der Waals surface area contributed by atoms with Gasteiger partial charge in [-0.25, -0.2) is 0 Å². The molecule has 2 aliphatic rings. The molecule has 2 atom stereocenters. The van der Waals surface area contributed by atoms with Gasteiger partial charge in [0.05, 0.1) is 0 Å². The molecule has 1 N–H and O–H groups in total. The van der Waals surface area contributed by atoms with Crippen LogP contribution < -0.4 is 0 Å². The van der Waals surface area contributed by atoms with Crippen molar-refractivity contribution in [1.29, 1.82) is 0 Å². The fourth-order valence-electron chi connectivity index (χ4n) is 2.73. The number of hydrogen-bond donors (Lipinski definition) is 1. The molecule has 0 amide bonds. The molecule has 112 valence electrons. The summed E-state index contributed by atoms with van der Waals surface area (Å²) in [5.41, 5.74) is 0. The molecule has 0 aromatic heterocycles. The van der Waals surface area contributed by atoms with Crippen molar-refractivity contribution in [2.45, 2.75) is 56.1 Å². The molecule has 19 heavy (non-hydrogen) atoms. The molecule has 0 bridgehead atoms. The van der Waals surface area contributed by atoms with E-state index in [-0.39, 0.29) is 0 Å². The van der Waals surface area contributed by atoms with E-state index in [4.69, 9.17) is 4.74 Å². The van der Waals surface area contributed by atoms with Crippen LogP contribution in [0.2, 0.25) is 0 Å². The second-order valence-electron chi connectivity index (χ2n) is 5.01. The summed E-state index contributed by atoms with van der Waals surface area (Å²) in [5.74, 6) is -9.69. The third-order valence-electron chi connectivity index (χ3n) is 3.79. The van der Waals surface area contributed by atoms with Crippen LogP contribution in [-0.2, 0) is 9.47 Å². The number of halogens is 5.